The number of nitrogens with one attached hydrogen (secondary N) is 1. The molecule has 0 radical (unpaired) electrons. The van der Waals surface area contributed by atoms with Crippen LogP contribution in [0.25, 0.3) is 0 Å². The Morgan fingerprint density at radius 1 is 1.32 bits per heavy atom. The van der Waals surface area contributed by atoms with E-state index in [1.54, 1.807) is 17.4 Å². The van der Waals surface area contributed by atoms with Crippen LogP contribution in [-0.2, 0) is 0 Å². The molecule has 0 spiro atoms. The molecular weight excluding hydrogens is 259 g/mol. The summed E-state index contributed by atoms with van der Waals surface area (Å²) in [5, 5.41) is 4.33. The van der Waals surface area contributed by atoms with Crippen LogP contribution in [0.4, 0.5) is 4.39 Å². The smallest absolute Gasteiger partial charge is 0.128 e. The van der Waals surface area contributed by atoms with E-state index < -0.39 is 0 Å². The lowest BCUT2D eigenvalue weighted by Gasteiger charge is -2.17. The molecule has 2 nitrogen and oxygen atoms in total. The van der Waals surface area contributed by atoms with Gasteiger partial charge >= 0.3 is 0 Å². The number of hydrogen-bond acceptors (Lipinski definition) is 3. The summed E-state index contributed by atoms with van der Waals surface area (Å²) >= 11 is 1.64. The van der Waals surface area contributed by atoms with Crippen LogP contribution < -0.4 is 5.32 Å². The van der Waals surface area contributed by atoms with Gasteiger partial charge in [-0.05, 0) is 32.9 Å². The van der Waals surface area contributed by atoms with Gasteiger partial charge < -0.3 is 5.32 Å². The van der Waals surface area contributed by atoms with Crippen LogP contribution >= 0.6 is 11.3 Å². The van der Waals surface area contributed by atoms with E-state index in [0.29, 0.717) is 5.56 Å². The Morgan fingerprint density at radius 2 is 2.05 bits per heavy atom. The fourth-order valence-corrected chi connectivity index (χ4v) is 2.97. The van der Waals surface area contributed by atoms with Crippen LogP contribution in [0.1, 0.15) is 40.5 Å². The third-order valence-corrected chi connectivity index (χ3v) is 4.24. The molecule has 1 aromatic carbocycles. The molecule has 102 valence electrons. The Balaban J connectivity index is 2.38. The van der Waals surface area contributed by atoms with Gasteiger partial charge in [0.2, 0.25) is 0 Å². The number of nitrogens with zero attached hydrogens (tertiary/aromatic N) is 1. The largest absolute Gasteiger partial charge is 0.304 e. The maximum Gasteiger partial charge on any atom is 0.128 e. The number of rotatable bonds is 5. The molecule has 0 aliphatic heterocycles. The lowest BCUT2D eigenvalue weighted by molar-refractivity contribution is 0.545. The molecule has 0 aliphatic carbocycles. The summed E-state index contributed by atoms with van der Waals surface area (Å²) in [4.78, 5) is 5.76. The SMILES string of the molecule is CCCNC(c1nc(C)c(C)s1)c1ccccc1F. The third-order valence-electron chi connectivity index (χ3n) is 3.11. The quantitative estimate of drug-likeness (QED) is 0.894. The van der Waals surface area contributed by atoms with Gasteiger partial charge in [-0.15, -0.1) is 11.3 Å². The average Bonchev–Trinajstić information content (AvgIpc) is 2.72. The van der Waals surface area contributed by atoms with E-state index in [0.717, 1.165) is 23.7 Å². The molecule has 2 aromatic rings. The van der Waals surface area contributed by atoms with E-state index in [1.165, 1.54) is 10.9 Å². The first kappa shape index (κ1) is 14.2. The fourth-order valence-electron chi connectivity index (χ4n) is 1.95. The number of aryl methyl sites for hydroxylation is 2. The minimum absolute atomic E-state index is 0.154. The van der Waals surface area contributed by atoms with Crippen molar-refractivity contribution in [1.29, 1.82) is 0 Å². The maximum absolute atomic E-state index is 14.0. The van der Waals surface area contributed by atoms with Crippen molar-refractivity contribution >= 4 is 11.3 Å². The molecule has 0 aliphatic rings. The van der Waals surface area contributed by atoms with E-state index in [9.17, 15) is 4.39 Å². The molecule has 1 N–H and O–H groups in total. The van der Waals surface area contributed by atoms with E-state index in [4.69, 9.17) is 0 Å². The van der Waals surface area contributed by atoms with E-state index >= 15 is 0 Å². The van der Waals surface area contributed by atoms with Crippen LogP contribution in [-0.4, -0.2) is 11.5 Å². The zero-order valence-corrected chi connectivity index (χ0v) is 12.4. The molecule has 4 heteroatoms. The average molecular weight is 278 g/mol. The lowest BCUT2D eigenvalue weighted by atomic mass is 10.1. The highest BCUT2D eigenvalue weighted by molar-refractivity contribution is 7.11. The second kappa shape index (κ2) is 6.26. The summed E-state index contributed by atoms with van der Waals surface area (Å²) in [6, 6.07) is 6.76. The normalized spacial score (nSPS) is 12.6. The Kier molecular flexibility index (Phi) is 4.66. The van der Waals surface area contributed by atoms with Crippen molar-refractivity contribution in [3.63, 3.8) is 0 Å². The van der Waals surface area contributed by atoms with Crippen molar-refractivity contribution in [3.8, 4) is 0 Å². The first-order valence-electron chi connectivity index (χ1n) is 6.55. The summed E-state index contributed by atoms with van der Waals surface area (Å²) < 4.78 is 14.0. The predicted octanol–water partition coefficient (Wildman–Crippen LogP) is 3.99. The van der Waals surface area contributed by atoms with Gasteiger partial charge in [0.25, 0.3) is 0 Å². The lowest BCUT2D eigenvalue weighted by Crippen LogP contribution is -2.24. The van der Waals surface area contributed by atoms with E-state index in [2.05, 4.69) is 24.1 Å². The standard InChI is InChI=1S/C15H19FN2S/c1-4-9-17-14(12-7-5-6-8-13(12)16)15-18-10(2)11(3)19-15/h5-8,14,17H,4,9H2,1-3H3. The minimum Gasteiger partial charge on any atom is -0.304 e. The second-order valence-corrected chi connectivity index (χ2v) is 5.84. The van der Waals surface area contributed by atoms with Gasteiger partial charge in [-0.1, -0.05) is 25.1 Å². The maximum atomic E-state index is 14.0. The molecular formula is C15H19FN2S. The summed E-state index contributed by atoms with van der Waals surface area (Å²) in [5.74, 6) is -0.179. The highest BCUT2D eigenvalue weighted by Crippen LogP contribution is 2.29. The van der Waals surface area contributed by atoms with Crippen molar-refractivity contribution in [2.75, 3.05) is 6.54 Å². The predicted molar refractivity (Wildman–Crippen MR) is 78.1 cm³/mol. The molecule has 2 rings (SSSR count). The molecule has 1 atom stereocenters. The molecule has 0 saturated heterocycles. The zero-order valence-electron chi connectivity index (χ0n) is 11.5. The second-order valence-electron chi connectivity index (χ2n) is 4.60. The van der Waals surface area contributed by atoms with Gasteiger partial charge in [0.15, 0.2) is 0 Å². The molecule has 0 saturated carbocycles. The Hall–Kier alpha value is -1.26. The van der Waals surface area contributed by atoms with Crippen LogP contribution in [0, 0.1) is 19.7 Å². The van der Waals surface area contributed by atoms with E-state index in [-0.39, 0.29) is 11.9 Å². The molecule has 1 heterocycles. The molecule has 0 bridgehead atoms. The summed E-state index contributed by atoms with van der Waals surface area (Å²) in [6.45, 7) is 6.99. The van der Waals surface area contributed by atoms with E-state index in [1.807, 2.05) is 19.1 Å². The Morgan fingerprint density at radius 3 is 2.63 bits per heavy atom. The van der Waals surface area contributed by atoms with Gasteiger partial charge in [-0.2, -0.15) is 0 Å². The minimum atomic E-state index is -0.179. The Bertz CT molecular complexity index is 531. The highest BCUT2D eigenvalue weighted by atomic mass is 32.1. The van der Waals surface area contributed by atoms with Crippen LogP contribution in [0.15, 0.2) is 24.3 Å². The van der Waals surface area contributed by atoms with Crippen LogP contribution in [0.2, 0.25) is 0 Å². The summed E-state index contributed by atoms with van der Waals surface area (Å²) in [6.07, 6.45) is 1.01. The van der Waals surface area contributed by atoms with Crippen molar-refractivity contribution in [3.05, 3.63) is 51.2 Å². The monoisotopic (exact) mass is 278 g/mol. The van der Waals surface area contributed by atoms with Crippen LogP contribution in [0.3, 0.4) is 0 Å². The van der Waals surface area contributed by atoms with Gasteiger partial charge in [0.1, 0.15) is 10.8 Å². The van der Waals surface area contributed by atoms with Crippen molar-refractivity contribution < 1.29 is 4.39 Å². The van der Waals surface area contributed by atoms with Crippen molar-refractivity contribution in [2.24, 2.45) is 0 Å². The van der Waals surface area contributed by atoms with Gasteiger partial charge in [0, 0.05) is 10.4 Å². The zero-order chi connectivity index (χ0) is 13.8. The molecule has 0 amide bonds. The number of thiazole rings is 1. The van der Waals surface area contributed by atoms with Gasteiger partial charge in [-0.25, -0.2) is 9.37 Å². The number of hydrogen-bond donors (Lipinski definition) is 1. The number of benzene rings is 1. The highest BCUT2D eigenvalue weighted by Gasteiger charge is 2.20. The Labute approximate surface area is 117 Å². The number of aromatic nitrogens is 1. The first-order valence-corrected chi connectivity index (χ1v) is 7.36. The molecule has 19 heavy (non-hydrogen) atoms. The van der Waals surface area contributed by atoms with Crippen molar-refractivity contribution in [2.45, 2.75) is 33.2 Å². The number of halogens is 1. The van der Waals surface area contributed by atoms with Crippen LogP contribution in [0.5, 0.6) is 0 Å². The topological polar surface area (TPSA) is 24.9 Å². The fraction of sp³-hybridized carbons (Fsp3) is 0.400. The summed E-state index contributed by atoms with van der Waals surface area (Å²) in [5.41, 5.74) is 1.70. The first-order chi connectivity index (χ1) is 9.13. The molecule has 1 unspecified atom stereocenters. The van der Waals surface area contributed by atoms with Gasteiger partial charge in [0.05, 0.1) is 11.7 Å². The summed E-state index contributed by atoms with van der Waals surface area (Å²) in [7, 11) is 0. The molecule has 0 fully saturated rings. The van der Waals surface area contributed by atoms with Crippen molar-refractivity contribution in [1.82, 2.24) is 10.3 Å². The molecule has 1 aromatic heterocycles. The van der Waals surface area contributed by atoms with Gasteiger partial charge in [-0.3, -0.25) is 0 Å². The third kappa shape index (κ3) is 3.19.